The summed E-state index contributed by atoms with van der Waals surface area (Å²) in [6, 6.07) is 19.1. The zero-order valence-electron chi connectivity index (χ0n) is 23.6. The minimum atomic E-state index is -0.815. The molecule has 7 heteroatoms. The van der Waals surface area contributed by atoms with Crippen molar-refractivity contribution in [2.24, 2.45) is 0 Å². The van der Waals surface area contributed by atoms with Crippen LogP contribution in [0.5, 0.6) is 11.5 Å². The first-order valence-corrected chi connectivity index (χ1v) is 13.1. The Kier molecular flexibility index (Phi) is 8.00. The number of aliphatic hydroxyl groups excluding tert-OH is 1. The van der Waals surface area contributed by atoms with E-state index in [4.69, 9.17) is 9.47 Å². The molecule has 1 saturated heterocycles. The fourth-order valence-electron chi connectivity index (χ4n) is 4.66. The standard InChI is InChI=1S/C32H36N2O5/c1-19(2)38-26-15-13-25(14-16-26)34-29(22-8-11-24(12-9-22)33(6)7)28(31(36)32(34)37)30(35)23-10-17-27(21(5)18-23)39-20(3)4/h8-20,29,35H,1-7H3/b30-28-. The van der Waals surface area contributed by atoms with Gasteiger partial charge < -0.3 is 19.5 Å². The lowest BCUT2D eigenvalue weighted by molar-refractivity contribution is -0.132. The van der Waals surface area contributed by atoms with Gasteiger partial charge in [0.1, 0.15) is 17.3 Å². The molecule has 1 fully saturated rings. The summed E-state index contributed by atoms with van der Waals surface area (Å²) in [5.74, 6) is -0.307. The molecule has 0 radical (unpaired) electrons. The molecule has 1 heterocycles. The predicted molar refractivity (Wildman–Crippen MR) is 155 cm³/mol. The van der Waals surface area contributed by atoms with Crippen molar-refractivity contribution in [3.8, 4) is 11.5 Å². The quantitative estimate of drug-likeness (QED) is 0.211. The summed E-state index contributed by atoms with van der Waals surface area (Å²) >= 11 is 0. The fourth-order valence-corrected chi connectivity index (χ4v) is 4.66. The van der Waals surface area contributed by atoms with Gasteiger partial charge in [-0.3, -0.25) is 14.5 Å². The minimum absolute atomic E-state index is 0.000993. The maximum absolute atomic E-state index is 13.5. The van der Waals surface area contributed by atoms with Gasteiger partial charge in [-0.1, -0.05) is 12.1 Å². The highest BCUT2D eigenvalue weighted by Gasteiger charge is 2.47. The van der Waals surface area contributed by atoms with E-state index in [-0.39, 0.29) is 23.5 Å². The minimum Gasteiger partial charge on any atom is -0.507 e. The number of hydrogen-bond donors (Lipinski definition) is 1. The van der Waals surface area contributed by atoms with E-state index in [1.807, 2.05) is 77.9 Å². The summed E-state index contributed by atoms with van der Waals surface area (Å²) < 4.78 is 11.6. The van der Waals surface area contributed by atoms with Crippen LogP contribution in [0.15, 0.2) is 72.3 Å². The zero-order chi connectivity index (χ0) is 28.4. The number of nitrogens with zero attached hydrogens (tertiary/aromatic N) is 2. The predicted octanol–water partition coefficient (Wildman–Crippen LogP) is 6.26. The topological polar surface area (TPSA) is 79.3 Å². The number of ketones is 1. The Balaban J connectivity index is 1.85. The Labute approximate surface area is 230 Å². The van der Waals surface area contributed by atoms with Gasteiger partial charge in [-0.2, -0.15) is 0 Å². The second-order valence-electron chi connectivity index (χ2n) is 10.5. The largest absolute Gasteiger partial charge is 0.507 e. The first-order chi connectivity index (χ1) is 18.5. The van der Waals surface area contributed by atoms with Crippen LogP contribution >= 0.6 is 0 Å². The summed E-state index contributed by atoms with van der Waals surface area (Å²) in [5, 5.41) is 11.5. The van der Waals surface area contributed by atoms with Crippen LogP contribution in [-0.2, 0) is 9.59 Å². The number of anilines is 2. The highest BCUT2D eigenvalue weighted by atomic mass is 16.5. The van der Waals surface area contributed by atoms with Crippen LogP contribution in [0.3, 0.4) is 0 Å². The van der Waals surface area contributed by atoms with E-state index < -0.39 is 17.7 Å². The molecule has 7 nitrogen and oxygen atoms in total. The molecule has 204 valence electrons. The number of aryl methyl sites for hydroxylation is 1. The molecule has 0 aliphatic carbocycles. The van der Waals surface area contributed by atoms with Gasteiger partial charge in [-0.15, -0.1) is 0 Å². The monoisotopic (exact) mass is 528 g/mol. The second-order valence-corrected chi connectivity index (χ2v) is 10.5. The van der Waals surface area contributed by atoms with Crippen LogP contribution in [0.2, 0.25) is 0 Å². The van der Waals surface area contributed by atoms with Gasteiger partial charge in [0.25, 0.3) is 11.7 Å². The lowest BCUT2D eigenvalue weighted by Gasteiger charge is -2.26. The molecule has 0 saturated carbocycles. The summed E-state index contributed by atoms with van der Waals surface area (Å²) in [4.78, 5) is 30.4. The van der Waals surface area contributed by atoms with Crippen LogP contribution in [-0.4, -0.2) is 43.1 Å². The van der Waals surface area contributed by atoms with Crippen LogP contribution in [0.4, 0.5) is 11.4 Å². The summed E-state index contributed by atoms with van der Waals surface area (Å²) in [7, 11) is 3.88. The lowest BCUT2D eigenvalue weighted by atomic mass is 9.94. The van der Waals surface area contributed by atoms with Crippen LogP contribution in [0.1, 0.15) is 50.4 Å². The molecule has 1 aliphatic heterocycles. The number of ether oxygens (including phenoxy) is 2. The number of carbonyl (C=O) groups is 2. The van der Waals surface area contributed by atoms with Gasteiger partial charge in [0.15, 0.2) is 0 Å². The molecule has 0 bridgehead atoms. The van der Waals surface area contributed by atoms with Crippen molar-refractivity contribution >= 4 is 28.8 Å². The van der Waals surface area contributed by atoms with E-state index in [0.717, 1.165) is 11.3 Å². The van der Waals surface area contributed by atoms with Crippen molar-refractivity contribution in [2.45, 2.75) is 52.9 Å². The normalized spacial score (nSPS) is 16.7. The van der Waals surface area contributed by atoms with Gasteiger partial charge in [0.2, 0.25) is 0 Å². The van der Waals surface area contributed by atoms with Crippen molar-refractivity contribution in [1.29, 1.82) is 0 Å². The second kappa shape index (κ2) is 11.2. The third-order valence-electron chi connectivity index (χ3n) is 6.47. The van der Waals surface area contributed by atoms with Crippen molar-refractivity contribution in [3.63, 3.8) is 0 Å². The van der Waals surface area contributed by atoms with E-state index >= 15 is 0 Å². The van der Waals surface area contributed by atoms with Gasteiger partial charge in [-0.05, 0) is 100 Å². The van der Waals surface area contributed by atoms with Gasteiger partial charge >= 0.3 is 0 Å². The van der Waals surface area contributed by atoms with E-state index in [0.29, 0.717) is 28.3 Å². The van der Waals surface area contributed by atoms with Crippen LogP contribution in [0.25, 0.3) is 5.76 Å². The average molecular weight is 529 g/mol. The number of hydrogen-bond acceptors (Lipinski definition) is 6. The average Bonchev–Trinajstić information content (AvgIpc) is 3.15. The van der Waals surface area contributed by atoms with Crippen molar-refractivity contribution in [1.82, 2.24) is 0 Å². The highest BCUT2D eigenvalue weighted by molar-refractivity contribution is 6.51. The summed E-state index contributed by atoms with van der Waals surface area (Å²) in [5.41, 5.74) is 3.51. The number of carbonyl (C=O) groups excluding carboxylic acids is 2. The maximum atomic E-state index is 13.5. The number of rotatable bonds is 8. The van der Waals surface area contributed by atoms with Gasteiger partial charge in [0, 0.05) is 31.0 Å². The van der Waals surface area contributed by atoms with E-state index in [9.17, 15) is 14.7 Å². The number of Topliss-reactive ketones (excluding diaryl/α,β-unsaturated/α-hetero) is 1. The van der Waals surface area contributed by atoms with Crippen molar-refractivity contribution in [3.05, 3.63) is 89.0 Å². The molecule has 0 aromatic heterocycles. The molecule has 39 heavy (non-hydrogen) atoms. The van der Waals surface area contributed by atoms with Crippen molar-refractivity contribution < 1.29 is 24.2 Å². The summed E-state index contributed by atoms with van der Waals surface area (Å²) in [6.45, 7) is 9.64. The summed E-state index contributed by atoms with van der Waals surface area (Å²) in [6.07, 6.45) is -0.00277. The third kappa shape index (κ3) is 5.77. The Morgan fingerprint density at radius 2 is 1.49 bits per heavy atom. The number of benzene rings is 3. The molecule has 1 N–H and O–H groups in total. The fraction of sp³-hybridized carbons (Fsp3) is 0.312. The zero-order valence-corrected chi connectivity index (χ0v) is 23.6. The SMILES string of the molecule is Cc1cc(/C(O)=C2/C(=O)C(=O)N(c3ccc(OC(C)C)cc3)C2c2ccc(N(C)C)cc2)ccc1OC(C)C. The highest BCUT2D eigenvalue weighted by Crippen LogP contribution is 2.43. The Bertz CT molecular complexity index is 1390. The van der Waals surface area contributed by atoms with Crippen molar-refractivity contribution in [2.75, 3.05) is 23.9 Å². The molecule has 0 spiro atoms. The first-order valence-electron chi connectivity index (χ1n) is 13.1. The molecule has 1 aliphatic rings. The first kappa shape index (κ1) is 27.8. The van der Waals surface area contributed by atoms with Crippen LogP contribution < -0.4 is 19.3 Å². The number of aliphatic hydroxyl groups is 1. The van der Waals surface area contributed by atoms with Crippen LogP contribution in [0, 0.1) is 6.92 Å². The van der Waals surface area contributed by atoms with E-state index in [2.05, 4.69) is 0 Å². The van der Waals surface area contributed by atoms with Gasteiger partial charge in [0.05, 0.1) is 23.8 Å². The maximum Gasteiger partial charge on any atom is 0.300 e. The molecular formula is C32H36N2O5. The van der Waals surface area contributed by atoms with Gasteiger partial charge in [-0.25, -0.2) is 0 Å². The molecule has 3 aromatic carbocycles. The molecule has 3 aromatic rings. The molecule has 4 rings (SSSR count). The number of amides is 1. The molecule has 1 amide bonds. The Morgan fingerprint density at radius 3 is 2.03 bits per heavy atom. The third-order valence-corrected chi connectivity index (χ3v) is 6.47. The molecule has 1 atom stereocenters. The Hall–Kier alpha value is -4.26. The lowest BCUT2D eigenvalue weighted by Crippen LogP contribution is -2.29. The van der Waals surface area contributed by atoms with E-state index in [1.165, 1.54) is 4.90 Å². The molecular weight excluding hydrogens is 492 g/mol. The molecule has 1 unspecified atom stereocenters. The Morgan fingerprint density at radius 1 is 0.872 bits per heavy atom. The smallest absolute Gasteiger partial charge is 0.300 e. The van der Waals surface area contributed by atoms with E-state index in [1.54, 1.807) is 42.5 Å².